The highest BCUT2D eigenvalue weighted by molar-refractivity contribution is 4.90. The van der Waals surface area contributed by atoms with Gasteiger partial charge >= 0.3 is 0 Å². The predicted octanol–water partition coefficient (Wildman–Crippen LogP) is 4.59. The molecule has 21 heavy (non-hydrogen) atoms. The van der Waals surface area contributed by atoms with Gasteiger partial charge in [0.25, 0.3) is 0 Å². The van der Waals surface area contributed by atoms with E-state index in [1.54, 1.807) is 0 Å². The highest BCUT2D eigenvalue weighted by Gasteiger charge is 2.35. The molecular weight excluding hydrogens is 256 g/mol. The summed E-state index contributed by atoms with van der Waals surface area (Å²) in [6.45, 7) is 8.52. The Balaban J connectivity index is 2.06. The van der Waals surface area contributed by atoms with Crippen molar-refractivity contribution in [3.63, 3.8) is 0 Å². The molecule has 2 heteroatoms. The van der Waals surface area contributed by atoms with Gasteiger partial charge in [-0.05, 0) is 45.1 Å². The van der Waals surface area contributed by atoms with Crippen LogP contribution < -0.4 is 5.32 Å². The number of rotatable bonds is 6. The van der Waals surface area contributed by atoms with Gasteiger partial charge in [-0.25, -0.2) is 0 Å². The molecule has 1 N–H and O–H groups in total. The van der Waals surface area contributed by atoms with Crippen LogP contribution in [-0.4, -0.2) is 36.6 Å². The summed E-state index contributed by atoms with van der Waals surface area (Å²) in [6.07, 6.45) is 14.5. The van der Waals surface area contributed by atoms with Gasteiger partial charge in [0.1, 0.15) is 0 Å². The molecule has 1 atom stereocenters. The lowest BCUT2D eigenvalue weighted by molar-refractivity contribution is 0.0342. The van der Waals surface area contributed by atoms with E-state index in [1.807, 2.05) is 0 Å². The summed E-state index contributed by atoms with van der Waals surface area (Å²) in [6, 6.07) is 2.31. The molecule has 0 spiro atoms. The summed E-state index contributed by atoms with van der Waals surface area (Å²) >= 11 is 0. The van der Waals surface area contributed by atoms with E-state index in [2.05, 4.69) is 38.0 Å². The van der Waals surface area contributed by atoms with Gasteiger partial charge in [-0.15, -0.1) is 0 Å². The van der Waals surface area contributed by atoms with Gasteiger partial charge in [-0.1, -0.05) is 52.4 Å². The Kier molecular flexibility index (Phi) is 6.55. The molecule has 2 rings (SSSR count). The molecule has 0 heterocycles. The maximum absolute atomic E-state index is 3.49. The molecule has 124 valence electrons. The van der Waals surface area contributed by atoms with Crippen LogP contribution in [0.3, 0.4) is 0 Å². The highest BCUT2D eigenvalue weighted by Crippen LogP contribution is 2.33. The van der Waals surface area contributed by atoms with E-state index in [-0.39, 0.29) is 0 Å². The number of hydrogen-bond donors (Lipinski definition) is 1. The lowest BCUT2D eigenvalue weighted by Crippen LogP contribution is -2.53. The molecule has 0 amide bonds. The smallest absolute Gasteiger partial charge is 0.00991 e. The zero-order chi connectivity index (χ0) is 15.3. The van der Waals surface area contributed by atoms with Crippen molar-refractivity contribution in [2.75, 3.05) is 13.6 Å². The average Bonchev–Trinajstić information content (AvgIpc) is 2.53. The van der Waals surface area contributed by atoms with Gasteiger partial charge in [0.05, 0.1) is 0 Å². The summed E-state index contributed by atoms with van der Waals surface area (Å²) in [5.74, 6) is 0. The third-order valence-corrected chi connectivity index (χ3v) is 6.28. The van der Waals surface area contributed by atoms with Crippen molar-refractivity contribution in [2.45, 2.75) is 103 Å². The van der Waals surface area contributed by atoms with E-state index in [4.69, 9.17) is 0 Å². The SMILES string of the molecule is CNC(C)C(C)(C)CN(C1CCCCC1)C1CCCCC1. The van der Waals surface area contributed by atoms with E-state index < -0.39 is 0 Å². The van der Waals surface area contributed by atoms with Gasteiger partial charge in [0.2, 0.25) is 0 Å². The van der Waals surface area contributed by atoms with Crippen LogP contribution in [-0.2, 0) is 0 Å². The van der Waals surface area contributed by atoms with Crippen molar-refractivity contribution < 1.29 is 0 Å². The first-order chi connectivity index (χ1) is 10.0. The standard InChI is InChI=1S/C19H38N2/c1-16(20-4)19(2,3)15-21(17-11-7-5-8-12-17)18-13-9-6-10-14-18/h16-18,20H,5-15H2,1-4H3. The van der Waals surface area contributed by atoms with E-state index in [9.17, 15) is 0 Å². The molecule has 1 unspecified atom stereocenters. The Morgan fingerprint density at radius 2 is 1.33 bits per heavy atom. The molecule has 0 radical (unpaired) electrons. The van der Waals surface area contributed by atoms with Gasteiger partial charge in [0, 0.05) is 24.7 Å². The van der Waals surface area contributed by atoms with Gasteiger partial charge in [0.15, 0.2) is 0 Å². The van der Waals surface area contributed by atoms with Crippen LogP contribution in [0, 0.1) is 5.41 Å². The molecule has 0 bridgehead atoms. The van der Waals surface area contributed by atoms with E-state index in [0.717, 1.165) is 12.1 Å². The van der Waals surface area contributed by atoms with Crippen LogP contribution in [0.1, 0.15) is 85.0 Å². The maximum atomic E-state index is 3.49. The summed E-state index contributed by atoms with van der Waals surface area (Å²) in [4.78, 5) is 2.95. The normalized spacial score (nSPS) is 24.4. The van der Waals surface area contributed by atoms with Crippen LogP contribution in [0.2, 0.25) is 0 Å². The third-order valence-electron chi connectivity index (χ3n) is 6.28. The van der Waals surface area contributed by atoms with Crippen molar-refractivity contribution in [3.8, 4) is 0 Å². The number of nitrogens with one attached hydrogen (secondary N) is 1. The number of nitrogens with zero attached hydrogens (tertiary/aromatic N) is 1. The summed E-state index contributed by atoms with van der Waals surface area (Å²) in [5, 5.41) is 3.49. The minimum Gasteiger partial charge on any atom is -0.317 e. The molecule has 0 aromatic heterocycles. The zero-order valence-corrected chi connectivity index (χ0v) is 15.0. The van der Waals surface area contributed by atoms with Crippen LogP contribution in [0.15, 0.2) is 0 Å². The quantitative estimate of drug-likeness (QED) is 0.771. The van der Waals surface area contributed by atoms with Crippen molar-refractivity contribution in [1.82, 2.24) is 10.2 Å². The Morgan fingerprint density at radius 3 is 1.71 bits per heavy atom. The fraction of sp³-hybridized carbons (Fsp3) is 1.00. The van der Waals surface area contributed by atoms with E-state index in [1.165, 1.54) is 70.8 Å². The minimum atomic E-state index is 0.351. The molecule has 0 saturated heterocycles. The van der Waals surface area contributed by atoms with Crippen molar-refractivity contribution in [1.29, 1.82) is 0 Å². The van der Waals surface area contributed by atoms with Crippen LogP contribution in [0.25, 0.3) is 0 Å². The van der Waals surface area contributed by atoms with Crippen LogP contribution >= 0.6 is 0 Å². The highest BCUT2D eigenvalue weighted by atomic mass is 15.2. The molecular formula is C19H38N2. The topological polar surface area (TPSA) is 15.3 Å². The van der Waals surface area contributed by atoms with Gasteiger partial charge in [-0.3, -0.25) is 4.90 Å². The second kappa shape index (κ2) is 7.97. The van der Waals surface area contributed by atoms with Crippen LogP contribution in [0.5, 0.6) is 0 Å². The van der Waals surface area contributed by atoms with E-state index in [0.29, 0.717) is 11.5 Å². The molecule has 0 aliphatic heterocycles. The summed E-state index contributed by atoms with van der Waals surface area (Å²) < 4.78 is 0. The lowest BCUT2D eigenvalue weighted by Gasteiger charge is -2.46. The average molecular weight is 295 g/mol. The summed E-state index contributed by atoms with van der Waals surface area (Å²) in [7, 11) is 2.11. The number of hydrogen-bond acceptors (Lipinski definition) is 2. The van der Waals surface area contributed by atoms with Crippen molar-refractivity contribution in [3.05, 3.63) is 0 Å². The monoisotopic (exact) mass is 294 g/mol. The predicted molar refractivity (Wildman–Crippen MR) is 92.8 cm³/mol. The third kappa shape index (κ3) is 4.69. The second-order valence-electron chi connectivity index (χ2n) is 8.25. The van der Waals surface area contributed by atoms with E-state index >= 15 is 0 Å². The summed E-state index contributed by atoms with van der Waals surface area (Å²) in [5.41, 5.74) is 0.351. The Labute approximate surface area is 133 Å². The van der Waals surface area contributed by atoms with Crippen LogP contribution in [0.4, 0.5) is 0 Å². The molecule has 2 nitrogen and oxygen atoms in total. The molecule has 2 aliphatic carbocycles. The van der Waals surface area contributed by atoms with Gasteiger partial charge < -0.3 is 5.32 Å². The molecule has 0 aromatic carbocycles. The fourth-order valence-electron chi connectivity index (χ4n) is 4.38. The van der Waals surface area contributed by atoms with Crippen molar-refractivity contribution in [2.24, 2.45) is 5.41 Å². The largest absolute Gasteiger partial charge is 0.317 e. The maximum Gasteiger partial charge on any atom is 0.00991 e. The first kappa shape index (κ1) is 17.3. The Hall–Kier alpha value is -0.0800. The van der Waals surface area contributed by atoms with Gasteiger partial charge in [-0.2, -0.15) is 0 Å². The Morgan fingerprint density at radius 1 is 0.905 bits per heavy atom. The first-order valence-corrected chi connectivity index (χ1v) is 9.47. The molecule has 2 aliphatic rings. The zero-order valence-electron chi connectivity index (χ0n) is 15.0. The molecule has 0 aromatic rings. The first-order valence-electron chi connectivity index (χ1n) is 9.47. The molecule has 2 saturated carbocycles. The minimum absolute atomic E-state index is 0.351. The Bertz CT molecular complexity index is 270. The lowest BCUT2D eigenvalue weighted by atomic mass is 9.81. The second-order valence-corrected chi connectivity index (χ2v) is 8.25. The molecule has 2 fully saturated rings. The fourth-order valence-corrected chi connectivity index (χ4v) is 4.38. The van der Waals surface area contributed by atoms with Crippen molar-refractivity contribution >= 4 is 0 Å².